The summed E-state index contributed by atoms with van der Waals surface area (Å²) in [5.74, 6) is 2.49. The largest absolute Gasteiger partial charge is 0.478 e. The summed E-state index contributed by atoms with van der Waals surface area (Å²) >= 11 is 0. The lowest BCUT2D eigenvalue weighted by Crippen LogP contribution is -2.01. The van der Waals surface area contributed by atoms with E-state index in [1.165, 1.54) is 19.3 Å². The van der Waals surface area contributed by atoms with Crippen LogP contribution in [0.3, 0.4) is 0 Å². The van der Waals surface area contributed by atoms with Crippen molar-refractivity contribution in [3.8, 4) is 5.88 Å². The molecule has 0 bridgehead atoms. The fourth-order valence-corrected chi connectivity index (χ4v) is 1.37. The van der Waals surface area contributed by atoms with Crippen LogP contribution in [0.25, 0.3) is 0 Å². The second kappa shape index (κ2) is 4.31. The summed E-state index contributed by atoms with van der Waals surface area (Å²) in [6.07, 6.45) is 3.94. The molecule has 3 nitrogen and oxygen atoms in total. The van der Waals surface area contributed by atoms with E-state index in [-0.39, 0.29) is 0 Å². The number of anilines is 1. The van der Waals surface area contributed by atoms with Crippen LogP contribution >= 0.6 is 0 Å². The van der Waals surface area contributed by atoms with Crippen molar-refractivity contribution in [1.82, 2.24) is 4.98 Å². The van der Waals surface area contributed by atoms with Gasteiger partial charge in [0.1, 0.15) is 5.82 Å². The number of hydrogen-bond donors (Lipinski definition) is 1. The van der Waals surface area contributed by atoms with Crippen molar-refractivity contribution >= 4 is 5.82 Å². The molecule has 0 amide bonds. The van der Waals surface area contributed by atoms with Crippen molar-refractivity contribution in [2.24, 2.45) is 5.92 Å². The van der Waals surface area contributed by atoms with E-state index in [2.05, 4.69) is 10.3 Å². The van der Waals surface area contributed by atoms with E-state index in [1.54, 1.807) is 0 Å². The molecule has 1 aliphatic rings. The molecule has 0 spiro atoms. The molecule has 1 aromatic heterocycles. The molecule has 3 heteroatoms. The smallest absolute Gasteiger partial charge is 0.215 e. The van der Waals surface area contributed by atoms with Gasteiger partial charge in [0.05, 0.1) is 6.61 Å². The zero-order chi connectivity index (χ0) is 9.80. The van der Waals surface area contributed by atoms with Crippen LogP contribution in [0.1, 0.15) is 19.3 Å². The van der Waals surface area contributed by atoms with E-state index in [1.807, 2.05) is 25.2 Å². The first-order valence-corrected chi connectivity index (χ1v) is 5.16. The molecule has 1 aromatic rings. The average Bonchev–Trinajstić information content (AvgIpc) is 3.02. The quantitative estimate of drug-likeness (QED) is 0.777. The molecule has 1 aliphatic carbocycles. The molecule has 0 aromatic carbocycles. The van der Waals surface area contributed by atoms with Crippen molar-refractivity contribution in [3.63, 3.8) is 0 Å². The van der Waals surface area contributed by atoms with Gasteiger partial charge < -0.3 is 10.1 Å². The third-order valence-electron chi connectivity index (χ3n) is 2.45. The summed E-state index contributed by atoms with van der Waals surface area (Å²) in [5, 5.41) is 2.99. The number of nitrogens with one attached hydrogen (secondary N) is 1. The minimum atomic E-state index is 0.720. The maximum atomic E-state index is 5.55. The standard InChI is InChI=1S/C11H16N2O/c1-12-10-3-2-4-11(13-10)14-8-7-9-5-6-9/h2-4,9H,5-8H2,1H3,(H,12,13). The Bertz CT molecular complexity index is 297. The van der Waals surface area contributed by atoms with Gasteiger partial charge in [-0.25, -0.2) is 0 Å². The van der Waals surface area contributed by atoms with Gasteiger partial charge in [-0.15, -0.1) is 0 Å². The summed E-state index contributed by atoms with van der Waals surface area (Å²) in [5.41, 5.74) is 0. The lowest BCUT2D eigenvalue weighted by molar-refractivity contribution is 0.292. The molecule has 0 saturated heterocycles. The Morgan fingerprint density at radius 2 is 2.36 bits per heavy atom. The van der Waals surface area contributed by atoms with Crippen LogP contribution < -0.4 is 10.1 Å². The Kier molecular flexibility index (Phi) is 2.87. The van der Waals surface area contributed by atoms with Gasteiger partial charge in [-0.3, -0.25) is 0 Å². The molecule has 0 atom stereocenters. The molecule has 0 unspecified atom stereocenters. The maximum absolute atomic E-state index is 5.55. The summed E-state index contributed by atoms with van der Waals surface area (Å²) in [4.78, 5) is 4.28. The van der Waals surface area contributed by atoms with Crippen molar-refractivity contribution in [2.45, 2.75) is 19.3 Å². The number of aromatic nitrogens is 1. The van der Waals surface area contributed by atoms with E-state index in [4.69, 9.17) is 4.74 Å². The normalized spacial score (nSPS) is 15.2. The Hall–Kier alpha value is -1.25. The minimum Gasteiger partial charge on any atom is -0.478 e. The highest BCUT2D eigenvalue weighted by molar-refractivity contribution is 5.35. The van der Waals surface area contributed by atoms with Gasteiger partial charge in [0.15, 0.2) is 0 Å². The fourth-order valence-electron chi connectivity index (χ4n) is 1.37. The van der Waals surface area contributed by atoms with Crippen LogP contribution in [0, 0.1) is 5.92 Å². The molecule has 0 radical (unpaired) electrons. The number of ether oxygens (including phenoxy) is 1. The second-order valence-corrected chi connectivity index (χ2v) is 3.69. The second-order valence-electron chi connectivity index (χ2n) is 3.69. The number of pyridine rings is 1. The highest BCUT2D eigenvalue weighted by Gasteiger charge is 2.20. The molecule has 76 valence electrons. The van der Waals surface area contributed by atoms with Gasteiger partial charge in [0, 0.05) is 13.1 Å². The molecular weight excluding hydrogens is 176 g/mol. The Balaban J connectivity index is 1.81. The third-order valence-corrected chi connectivity index (χ3v) is 2.45. The van der Waals surface area contributed by atoms with E-state index >= 15 is 0 Å². The average molecular weight is 192 g/mol. The van der Waals surface area contributed by atoms with Crippen LogP contribution in [0.4, 0.5) is 5.82 Å². The lowest BCUT2D eigenvalue weighted by atomic mass is 10.3. The molecule has 1 saturated carbocycles. The number of nitrogens with zero attached hydrogens (tertiary/aromatic N) is 1. The van der Waals surface area contributed by atoms with E-state index in [9.17, 15) is 0 Å². The SMILES string of the molecule is CNc1cccc(OCCC2CC2)n1. The van der Waals surface area contributed by atoms with Gasteiger partial charge in [0.25, 0.3) is 0 Å². The van der Waals surface area contributed by atoms with Crippen molar-refractivity contribution in [3.05, 3.63) is 18.2 Å². The van der Waals surface area contributed by atoms with Gasteiger partial charge in [-0.1, -0.05) is 18.9 Å². The molecule has 1 heterocycles. The molecule has 0 aliphatic heterocycles. The zero-order valence-electron chi connectivity index (χ0n) is 8.49. The summed E-state index contributed by atoms with van der Waals surface area (Å²) < 4.78 is 5.55. The van der Waals surface area contributed by atoms with Crippen LogP contribution in [-0.4, -0.2) is 18.6 Å². The first kappa shape index (κ1) is 9.31. The lowest BCUT2D eigenvalue weighted by Gasteiger charge is -2.05. The summed E-state index contributed by atoms with van der Waals surface area (Å²) in [6, 6.07) is 5.77. The molecule has 1 fully saturated rings. The Morgan fingerprint density at radius 1 is 1.50 bits per heavy atom. The van der Waals surface area contributed by atoms with Gasteiger partial charge in [0.2, 0.25) is 5.88 Å². The van der Waals surface area contributed by atoms with Gasteiger partial charge in [-0.2, -0.15) is 4.98 Å². The highest BCUT2D eigenvalue weighted by Crippen LogP contribution is 2.32. The van der Waals surface area contributed by atoms with Crippen LogP contribution in [0.15, 0.2) is 18.2 Å². The van der Waals surface area contributed by atoms with E-state index < -0.39 is 0 Å². The van der Waals surface area contributed by atoms with E-state index in [0.29, 0.717) is 0 Å². The van der Waals surface area contributed by atoms with Crippen LogP contribution in [0.2, 0.25) is 0 Å². The van der Waals surface area contributed by atoms with Gasteiger partial charge >= 0.3 is 0 Å². The van der Waals surface area contributed by atoms with Crippen molar-refractivity contribution in [2.75, 3.05) is 19.0 Å². The topological polar surface area (TPSA) is 34.1 Å². The van der Waals surface area contributed by atoms with Crippen molar-refractivity contribution < 1.29 is 4.74 Å². The Morgan fingerprint density at radius 3 is 3.07 bits per heavy atom. The number of rotatable bonds is 5. The molecule has 2 rings (SSSR count). The molecule has 1 N–H and O–H groups in total. The first-order chi connectivity index (χ1) is 6.88. The zero-order valence-corrected chi connectivity index (χ0v) is 8.49. The monoisotopic (exact) mass is 192 g/mol. The minimum absolute atomic E-state index is 0.720. The fraction of sp³-hybridized carbons (Fsp3) is 0.545. The number of hydrogen-bond acceptors (Lipinski definition) is 3. The van der Waals surface area contributed by atoms with Gasteiger partial charge in [-0.05, 0) is 18.4 Å². The van der Waals surface area contributed by atoms with E-state index in [0.717, 1.165) is 24.2 Å². The Labute approximate surface area is 84.5 Å². The maximum Gasteiger partial charge on any atom is 0.215 e. The summed E-state index contributed by atoms with van der Waals surface area (Å²) in [6.45, 7) is 0.796. The molecular formula is C11H16N2O. The van der Waals surface area contributed by atoms with Crippen LogP contribution in [0.5, 0.6) is 5.88 Å². The van der Waals surface area contributed by atoms with Crippen molar-refractivity contribution in [1.29, 1.82) is 0 Å². The summed E-state index contributed by atoms with van der Waals surface area (Å²) in [7, 11) is 1.86. The third kappa shape index (κ3) is 2.62. The first-order valence-electron chi connectivity index (χ1n) is 5.16. The highest BCUT2D eigenvalue weighted by atomic mass is 16.5. The van der Waals surface area contributed by atoms with Crippen LogP contribution in [-0.2, 0) is 0 Å². The predicted molar refractivity (Wildman–Crippen MR) is 56.6 cm³/mol. The molecule has 14 heavy (non-hydrogen) atoms. The predicted octanol–water partition coefficient (Wildman–Crippen LogP) is 2.30.